The van der Waals surface area contributed by atoms with Gasteiger partial charge in [0, 0.05) is 18.8 Å². The Labute approximate surface area is 111 Å². The molecular weight excluding hydrogens is 250 g/mol. The van der Waals surface area contributed by atoms with Crippen LogP contribution in [0.3, 0.4) is 0 Å². The minimum atomic E-state index is -0.880. The van der Waals surface area contributed by atoms with E-state index in [-0.39, 0.29) is 18.2 Å². The van der Waals surface area contributed by atoms with Gasteiger partial charge in [-0.2, -0.15) is 5.26 Å². The molecule has 0 saturated carbocycles. The van der Waals surface area contributed by atoms with Gasteiger partial charge < -0.3 is 15.4 Å². The molecule has 0 bridgehead atoms. The second-order valence-electron chi connectivity index (χ2n) is 4.51. The highest BCUT2D eigenvalue weighted by Gasteiger charge is 2.33. The Bertz CT molecular complexity index is 416. The minimum Gasteiger partial charge on any atom is -0.467 e. The largest absolute Gasteiger partial charge is 0.467 e. The summed E-state index contributed by atoms with van der Waals surface area (Å²) < 4.78 is 4.61. The third-order valence-electron chi connectivity index (χ3n) is 3.05. The lowest BCUT2D eigenvalue weighted by molar-refractivity contribution is -0.146. The predicted octanol–water partition coefficient (Wildman–Crippen LogP) is -0.527. The number of carbonyl (C=O) groups is 3. The second-order valence-corrected chi connectivity index (χ2v) is 4.51. The Kier molecular flexibility index (Phi) is 5.30. The Morgan fingerprint density at radius 2 is 2.32 bits per heavy atom. The molecule has 2 amide bonds. The van der Waals surface area contributed by atoms with E-state index in [9.17, 15) is 14.4 Å². The molecule has 1 heterocycles. The molecule has 0 unspecified atom stereocenters. The number of ether oxygens (including phenoxy) is 1. The molecule has 19 heavy (non-hydrogen) atoms. The molecule has 2 N–H and O–H groups in total. The molecule has 3 atom stereocenters. The third kappa shape index (κ3) is 3.95. The van der Waals surface area contributed by atoms with Gasteiger partial charge in [-0.05, 0) is 6.42 Å². The molecule has 1 rings (SSSR count). The fourth-order valence-corrected chi connectivity index (χ4v) is 1.89. The Morgan fingerprint density at radius 1 is 1.63 bits per heavy atom. The summed E-state index contributed by atoms with van der Waals surface area (Å²) in [5.74, 6) is -1.56. The van der Waals surface area contributed by atoms with Crippen molar-refractivity contribution in [1.29, 1.82) is 5.26 Å². The van der Waals surface area contributed by atoms with Gasteiger partial charge in [0.15, 0.2) is 0 Å². The summed E-state index contributed by atoms with van der Waals surface area (Å²) >= 11 is 0. The van der Waals surface area contributed by atoms with E-state index in [0.717, 1.165) is 0 Å². The smallest absolute Gasteiger partial charge is 0.328 e. The van der Waals surface area contributed by atoms with Gasteiger partial charge in [0.05, 0.1) is 13.2 Å². The summed E-state index contributed by atoms with van der Waals surface area (Å²) in [6, 6.07) is 0.451. The van der Waals surface area contributed by atoms with Crippen LogP contribution in [0.1, 0.15) is 26.2 Å². The number of nitrogens with one attached hydrogen (secondary N) is 2. The number of nitriles is 1. The monoisotopic (exact) mass is 267 g/mol. The maximum atomic E-state index is 11.9. The molecule has 0 aromatic rings. The highest BCUT2D eigenvalue weighted by Crippen LogP contribution is 2.12. The van der Waals surface area contributed by atoms with Crippen LogP contribution in [0, 0.1) is 17.2 Å². The number of hydrogen-bond acceptors (Lipinski definition) is 5. The molecule has 1 aliphatic rings. The lowest BCUT2D eigenvalue weighted by Gasteiger charge is -2.22. The van der Waals surface area contributed by atoms with Crippen molar-refractivity contribution in [1.82, 2.24) is 10.6 Å². The highest BCUT2D eigenvalue weighted by molar-refractivity contribution is 5.93. The first-order valence-corrected chi connectivity index (χ1v) is 6.04. The number of carbonyl (C=O) groups excluding carboxylic acids is 3. The van der Waals surface area contributed by atoms with Crippen LogP contribution < -0.4 is 10.6 Å². The van der Waals surface area contributed by atoms with E-state index in [1.807, 2.05) is 6.07 Å². The topological polar surface area (TPSA) is 108 Å². The van der Waals surface area contributed by atoms with Crippen molar-refractivity contribution < 1.29 is 19.1 Å². The second kappa shape index (κ2) is 6.73. The van der Waals surface area contributed by atoms with Crippen LogP contribution in [0.5, 0.6) is 0 Å². The molecule has 0 aromatic heterocycles. The van der Waals surface area contributed by atoms with Crippen LogP contribution >= 0.6 is 0 Å². The number of rotatable bonds is 5. The van der Waals surface area contributed by atoms with Crippen molar-refractivity contribution in [2.45, 2.75) is 38.3 Å². The lowest BCUT2D eigenvalue weighted by atomic mass is 9.98. The van der Waals surface area contributed by atoms with E-state index in [1.54, 1.807) is 6.92 Å². The minimum absolute atomic E-state index is 0.122. The van der Waals surface area contributed by atoms with Crippen LogP contribution in [0.25, 0.3) is 0 Å². The molecule has 0 aliphatic carbocycles. The average Bonchev–Trinajstić information content (AvgIpc) is 2.81. The van der Waals surface area contributed by atoms with Gasteiger partial charge in [0.1, 0.15) is 12.1 Å². The molecule has 7 heteroatoms. The van der Waals surface area contributed by atoms with Gasteiger partial charge in [-0.15, -0.1) is 0 Å². The Morgan fingerprint density at radius 3 is 2.79 bits per heavy atom. The SMILES string of the molecule is COC(=O)[C@@H](NC(=O)[C@H]1CCC(=O)N1)[C@@H](C)CC#N. The first-order valence-electron chi connectivity index (χ1n) is 6.04. The summed E-state index contributed by atoms with van der Waals surface area (Å²) in [7, 11) is 1.22. The summed E-state index contributed by atoms with van der Waals surface area (Å²) in [6.45, 7) is 1.68. The summed E-state index contributed by atoms with van der Waals surface area (Å²) in [5.41, 5.74) is 0. The zero-order chi connectivity index (χ0) is 14.4. The number of esters is 1. The van der Waals surface area contributed by atoms with Gasteiger partial charge in [-0.3, -0.25) is 9.59 Å². The summed E-state index contributed by atoms with van der Waals surface area (Å²) in [4.78, 5) is 34.6. The number of amides is 2. The van der Waals surface area contributed by atoms with Crippen LogP contribution in [0.2, 0.25) is 0 Å². The van der Waals surface area contributed by atoms with Gasteiger partial charge in [-0.25, -0.2) is 4.79 Å². The van der Waals surface area contributed by atoms with Gasteiger partial charge in [-0.1, -0.05) is 6.92 Å². The van der Waals surface area contributed by atoms with Crippen molar-refractivity contribution in [3.05, 3.63) is 0 Å². The summed E-state index contributed by atoms with van der Waals surface area (Å²) in [5, 5.41) is 13.7. The zero-order valence-corrected chi connectivity index (χ0v) is 10.9. The maximum Gasteiger partial charge on any atom is 0.328 e. The van der Waals surface area contributed by atoms with Crippen LogP contribution in [0.4, 0.5) is 0 Å². The first-order chi connectivity index (χ1) is 8.99. The molecule has 1 fully saturated rings. The fraction of sp³-hybridized carbons (Fsp3) is 0.667. The van der Waals surface area contributed by atoms with Crippen molar-refractivity contribution in [2.24, 2.45) is 5.92 Å². The van der Waals surface area contributed by atoms with Crippen molar-refractivity contribution in [3.8, 4) is 6.07 Å². The molecular formula is C12H17N3O4. The van der Waals surface area contributed by atoms with Gasteiger partial charge in [0.25, 0.3) is 0 Å². The van der Waals surface area contributed by atoms with E-state index in [0.29, 0.717) is 12.8 Å². The van der Waals surface area contributed by atoms with E-state index < -0.39 is 24.0 Å². The number of nitrogens with zero attached hydrogens (tertiary/aromatic N) is 1. The van der Waals surface area contributed by atoms with E-state index in [4.69, 9.17) is 5.26 Å². The molecule has 0 spiro atoms. The highest BCUT2D eigenvalue weighted by atomic mass is 16.5. The van der Waals surface area contributed by atoms with Crippen LogP contribution in [0.15, 0.2) is 0 Å². The van der Waals surface area contributed by atoms with E-state index in [1.165, 1.54) is 7.11 Å². The van der Waals surface area contributed by atoms with Crippen molar-refractivity contribution in [2.75, 3.05) is 7.11 Å². The third-order valence-corrected chi connectivity index (χ3v) is 3.05. The van der Waals surface area contributed by atoms with Crippen LogP contribution in [-0.2, 0) is 19.1 Å². The average molecular weight is 267 g/mol. The normalized spacial score (nSPS) is 20.9. The molecule has 7 nitrogen and oxygen atoms in total. The van der Waals surface area contributed by atoms with E-state index >= 15 is 0 Å². The quantitative estimate of drug-likeness (QED) is 0.651. The standard InChI is InChI=1S/C12H17N3O4/c1-7(5-6-13)10(12(18)19-2)15-11(17)8-3-4-9(16)14-8/h7-8,10H,3-5H2,1-2H3,(H,14,16)(H,15,17)/t7-,8+,10-/m0/s1. The van der Waals surface area contributed by atoms with Crippen molar-refractivity contribution >= 4 is 17.8 Å². The van der Waals surface area contributed by atoms with Crippen LogP contribution in [-0.4, -0.2) is 37.0 Å². The maximum absolute atomic E-state index is 11.9. The van der Waals surface area contributed by atoms with Gasteiger partial charge in [0.2, 0.25) is 11.8 Å². The zero-order valence-electron chi connectivity index (χ0n) is 10.9. The molecule has 1 saturated heterocycles. The lowest BCUT2D eigenvalue weighted by Crippen LogP contribution is -2.51. The number of hydrogen-bond donors (Lipinski definition) is 2. The molecule has 104 valence electrons. The van der Waals surface area contributed by atoms with Gasteiger partial charge >= 0.3 is 5.97 Å². The number of methoxy groups -OCH3 is 1. The molecule has 0 radical (unpaired) electrons. The Hall–Kier alpha value is -2.10. The predicted molar refractivity (Wildman–Crippen MR) is 64.5 cm³/mol. The summed E-state index contributed by atoms with van der Waals surface area (Å²) in [6.07, 6.45) is 0.830. The Balaban J connectivity index is 2.66. The fourth-order valence-electron chi connectivity index (χ4n) is 1.89. The van der Waals surface area contributed by atoms with Crippen molar-refractivity contribution in [3.63, 3.8) is 0 Å². The van der Waals surface area contributed by atoms with E-state index in [2.05, 4.69) is 15.4 Å². The molecule has 1 aliphatic heterocycles. The first kappa shape index (κ1) is 15.0. The molecule has 0 aromatic carbocycles.